The van der Waals surface area contributed by atoms with E-state index in [-0.39, 0.29) is 21.7 Å². The van der Waals surface area contributed by atoms with Gasteiger partial charge >= 0.3 is 0 Å². The first-order valence-electron chi connectivity index (χ1n) is 33.1. The average molecular weight is 1220 g/mol. The second-order valence-corrected chi connectivity index (χ2v) is 29.9. The van der Waals surface area contributed by atoms with Gasteiger partial charge in [0.15, 0.2) is 0 Å². The van der Waals surface area contributed by atoms with Gasteiger partial charge in [0.2, 0.25) is 0 Å². The Balaban J connectivity index is 1.27. The second kappa shape index (κ2) is 21.1. The molecule has 0 aliphatic heterocycles. The maximum absolute atomic E-state index is 13.5. The minimum Gasteiger partial charge on any atom is -0.306 e. The van der Waals surface area contributed by atoms with Gasteiger partial charge in [-0.05, 0) is 129 Å². The first-order chi connectivity index (χ1) is 45.2. The summed E-state index contributed by atoms with van der Waals surface area (Å²) in [4.78, 5) is 5.85. The minimum absolute atomic E-state index is 0.149. The zero-order valence-electron chi connectivity index (χ0n) is 55.8. The van der Waals surface area contributed by atoms with Gasteiger partial charge in [0.05, 0.1) is 83.8 Å². The Labute approximate surface area is 550 Å². The molecule has 0 N–H and O–H groups in total. The molecule has 458 valence electrons. The van der Waals surface area contributed by atoms with Gasteiger partial charge in [-0.1, -0.05) is 241 Å². The van der Waals surface area contributed by atoms with Crippen molar-refractivity contribution in [3.8, 4) is 62.5 Å². The van der Waals surface area contributed by atoms with Crippen molar-refractivity contribution in [2.45, 2.75) is 105 Å². The SMILES string of the molecule is CC(C)(C)c1ccc2c(c1)c1ccccc1n2-c1c(C#N)c(-c2ccc(-c3ccccc3)nc2-c2ccccc2)c(-n2c3ccccc3c3cc(C(C)(C)C)ccc32)c(-n2c3ccccc3c3cc(C(C)(C)C)ccc32)c1-n1c2ccccc2c2cc(C(C)(C)C)ccc21. The monoisotopic (exact) mass is 1220 g/mol. The number of hydrogen-bond donors (Lipinski definition) is 0. The highest BCUT2D eigenvalue weighted by Crippen LogP contribution is 2.54. The third-order valence-corrected chi connectivity index (χ3v) is 19.8. The lowest BCUT2D eigenvalue weighted by Crippen LogP contribution is -2.17. The van der Waals surface area contributed by atoms with Crippen LogP contribution in [0, 0.1) is 11.3 Å². The van der Waals surface area contributed by atoms with Crippen LogP contribution in [0.4, 0.5) is 0 Å². The van der Waals surface area contributed by atoms with Crippen molar-refractivity contribution in [2.24, 2.45) is 0 Å². The molecule has 0 bridgehead atoms. The fourth-order valence-electron chi connectivity index (χ4n) is 14.9. The molecule has 0 atom stereocenters. The highest BCUT2D eigenvalue weighted by molar-refractivity contribution is 6.18. The number of hydrogen-bond acceptors (Lipinski definition) is 2. The van der Waals surface area contributed by atoms with Crippen molar-refractivity contribution in [3.05, 3.63) is 270 Å². The van der Waals surface area contributed by atoms with E-state index in [1.165, 1.54) is 22.3 Å². The summed E-state index contributed by atoms with van der Waals surface area (Å²) in [5, 5.41) is 22.5. The van der Waals surface area contributed by atoms with Gasteiger partial charge in [-0.15, -0.1) is 0 Å². The number of nitriles is 1. The first kappa shape index (κ1) is 58.4. The molecule has 0 aliphatic rings. The van der Waals surface area contributed by atoms with Crippen molar-refractivity contribution in [1.82, 2.24) is 23.3 Å². The van der Waals surface area contributed by atoms with Crippen molar-refractivity contribution in [2.75, 3.05) is 0 Å². The number of benzene rings is 11. The van der Waals surface area contributed by atoms with Crippen LogP contribution in [-0.2, 0) is 21.7 Å². The smallest absolute Gasteiger partial charge is 0.102 e. The van der Waals surface area contributed by atoms with Gasteiger partial charge < -0.3 is 18.3 Å². The van der Waals surface area contributed by atoms with Crippen LogP contribution in [0.15, 0.2) is 243 Å². The lowest BCUT2D eigenvalue weighted by Gasteiger charge is -2.30. The minimum atomic E-state index is -0.151. The fourth-order valence-corrected chi connectivity index (χ4v) is 14.9. The van der Waals surface area contributed by atoms with E-state index in [0.717, 1.165) is 144 Å². The maximum Gasteiger partial charge on any atom is 0.102 e. The van der Waals surface area contributed by atoms with Crippen LogP contribution in [0.5, 0.6) is 0 Å². The van der Waals surface area contributed by atoms with Crippen LogP contribution in [0.2, 0.25) is 0 Å². The van der Waals surface area contributed by atoms with Gasteiger partial charge in [0.25, 0.3) is 0 Å². The van der Waals surface area contributed by atoms with Crippen molar-refractivity contribution in [3.63, 3.8) is 0 Å². The van der Waals surface area contributed by atoms with Crippen molar-refractivity contribution >= 4 is 87.2 Å². The molecule has 0 fully saturated rings. The molecule has 5 aromatic heterocycles. The summed E-state index contributed by atoms with van der Waals surface area (Å²) < 4.78 is 10.1. The molecule has 16 rings (SSSR count). The second-order valence-electron chi connectivity index (χ2n) is 29.9. The molecular weight excluding hydrogens is 1140 g/mol. The van der Waals surface area contributed by atoms with Crippen molar-refractivity contribution < 1.29 is 0 Å². The Hall–Kier alpha value is -10.7. The van der Waals surface area contributed by atoms with E-state index < -0.39 is 0 Å². The number of fused-ring (bicyclic) bond motifs is 12. The van der Waals surface area contributed by atoms with E-state index in [1.54, 1.807) is 0 Å². The van der Waals surface area contributed by atoms with E-state index in [0.29, 0.717) is 5.56 Å². The zero-order valence-corrected chi connectivity index (χ0v) is 55.8. The molecule has 0 unspecified atom stereocenters. The predicted molar refractivity (Wildman–Crippen MR) is 397 cm³/mol. The molecule has 6 heteroatoms. The lowest BCUT2D eigenvalue weighted by molar-refractivity contribution is 0.591. The summed E-state index contributed by atoms with van der Waals surface area (Å²) in [5.74, 6) is 0. The van der Waals surface area contributed by atoms with Gasteiger partial charge in [-0.3, -0.25) is 0 Å². The van der Waals surface area contributed by atoms with Crippen molar-refractivity contribution in [1.29, 1.82) is 5.26 Å². The Morgan fingerprint density at radius 2 is 0.585 bits per heavy atom. The summed E-state index contributed by atoms with van der Waals surface area (Å²) in [6.45, 7) is 27.6. The number of rotatable bonds is 7. The quantitative estimate of drug-likeness (QED) is 0.160. The molecule has 0 amide bonds. The summed E-state index contributed by atoms with van der Waals surface area (Å²) in [6.07, 6.45) is 0. The normalized spacial score (nSPS) is 12.7. The number of para-hydroxylation sites is 4. The lowest BCUT2D eigenvalue weighted by atomic mass is 9.86. The van der Waals surface area contributed by atoms with Gasteiger partial charge in [0.1, 0.15) is 6.07 Å². The molecule has 6 nitrogen and oxygen atoms in total. The topological polar surface area (TPSA) is 56.4 Å². The average Bonchev–Trinajstić information content (AvgIpc) is 1.46. The summed E-state index contributed by atoms with van der Waals surface area (Å²) in [7, 11) is 0. The number of aromatic nitrogens is 5. The molecule has 94 heavy (non-hydrogen) atoms. The predicted octanol–water partition coefficient (Wildman–Crippen LogP) is 23.5. The van der Waals surface area contributed by atoms with Crippen LogP contribution in [0.25, 0.3) is 144 Å². The Bertz CT molecular complexity index is 5830. The third kappa shape index (κ3) is 9.07. The van der Waals surface area contributed by atoms with Crippen LogP contribution in [0.1, 0.15) is 111 Å². The first-order valence-corrected chi connectivity index (χ1v) is 33.1. The zero-order chi connectivity index (χ0) is 64.9. The maximum atomic E-state index is 13.5. The molecule has 0 radical (unpaired) electrons. The third-order valence-electron chi connectivity index (χ3n) is 19.8. The molecule has 0 saturated heterocycles. The molecule has 5 heterocycles. The fraction of sp³-hybridized carbons (Fsp3) is 0.182. The molecule has 0 spiro atoms. The summed E-state index contributed by atoms with van der Waals surface area (Å²) >= 11 is 0. The van der Waals surface area contributed by atoms with Crippen LogP contribution < -0.4 is 0 Å². The van der Waals surface area contributed by atoms with Gasteiger partial charge in [-0.2, -0.15) is 5.26 Å². The highest BCUT2D eigenvalue weighted by atomic mass is 15.1. The van der Waals surface area contributed by atoms with Crippen LogP contribution >= 0.6 is 0 Å². The Kier molecular flexibility index (Phi) is 13.1. The molecule has 0 aliphatic carbocycles. The summed E-state index contributed by atoms with van der Waals surface area (Å²) in [5.41, 5.74) is 21.5. The van der Waals surface area contributed by atoms with E-state index in [2.05, 4.69) is 350 Å². The van der Waals surface area contributed by atoms with Crippen LogP contribution in [0.3, 0.4) is 0 Å². The molecular formula is C88H76N6. The van der Waals surface area contributed by atoms with E-state index in [1.807, 2.05) is 0 Å². The van der Waals surface area contributed by atoms with E-state index >= 15 is 0 Å². The summed E-state index contributed by atoms with van der Waals surface area (Å²) in [6, 6.07) is 92.7. The van der Waals surface area contributed by atoms with Gasteiger partial charge in [0, 0.05) is 65.3 Å². The molecule has 11 aromatic carbocycles. The Morgan fingerprint density at radius 3 is 0.936 bits per heavy atom. The van der Waals surface area contributed by atoms with Gasteiger partial charge in [-0.25, -0.2) is 4.98 Å². The highest BCUT2D eigenvalue weighted by Gasteiger charge is 2.37. The number of nitrogens with zero attached hydrogens (tertiary/aromatic N) is 6. The molecule has 0 saturated carbocycles. The Morgan fingerprint density at radius 1 is 0.287 bits per heavy atom. The number of pyridine rings is 1. The molecule has 16 aromatic rings. The van der Waals surface area contributed by atoms with E-state index in [9.17, 15) is 5.26 Å². The van der Waals surface area contributed by atoms with E-state index in [4.69, 9.17) is 4.98 Å². The standard InChI is InChI=1S/C88H76N6/c1-85(2,3)56-39-45-75-65(49-56)60-31-19-23-35-71(60)91(75)81-69(53-89)79(64-43-44-70(54-27-15-13-16-28-54)90-80(64)55-29-17-14-18-30-55)82(92-72-36-24-20-32-61(72)66-50-57(86(4,5)6)40-46-76(66)92)84(94-74-38-26-22-34-63(74)68-52-59(88(10,11)12)42-48-78(68)94)83(81)93-73-37-25-21-33-62(73)67-51-58(87(7,8)9)41-47-77(67)93/h13-52H,1-12H3. The van der Waals surface area contributed by atoms with Crippen LogP contribution in [-0.4, -0.2) is 23.3 Å². The largest absolute Gasteiger partial charge is 0.306 e.